The lowest BCUT2D eigenvalue weighted by atomic mass is 10.1. The summed E-state index contributed by atoms with van der Waals surface area (Å²) in [5, 5.41) is 3.43. The van der Waals surface area contributed by atoms with Gasteiger partial charge < -0.3 is 20.1 Å². The number of hydrogen-bond acceptors (Lipinski definition) is 5. The average Bonchev–Trinajstić information content (AvgIpc) is 2.66. The molecule has 0 bridgehead atoms. The first-order chi connectivity index (χ1) is 15.5. The minimum absolute atomic E-state index is 0.0207. The van der Waals surface area contributed by atoms with Crippen LogP contribution >= 0.6 is 0 Å². The van der Waals surface area contributed by atoms with E-state index in [0.29, 0.717) is 0 Å². The van der Waals surface area contributed by atoms with Gasteiger partial charge in [-0.2, -0.15) is 13.2 Å². The van der Waals surface area contributed by atoms with Crippen LogP contribution in [-0.2, 0) is 25.2 Å². The molecule has 0 aliphatic carbocycles. The zero-order chi connectivity index (χ0) is 26.4. The predicted molar refractivity (Wildman–Crippen MR) is 103 cm³/mol. The normalized spacial score (nSPS) is 12.9. The number of alkyl carbamates (subject to hydrolysis) is 1. The number of nitrogens with one attached hydrogen (secondary N) is 2. The Balaban J connectivity index is 3.27. The third-order valence-electron chi connectivity index (χ3n) is 3.71. The maximum atomic E-state index is 14.1. The monoisotopic (exact) mass is 502 g/mol. The third kappa shape index (κ3) is 7.92. The van der Waals surface area contributed by atoms with E-state index in [2.05, 4.69) is 4.74 Å². The number of benzene rings is 1. The van der Waals surface area contributed by atoms with Gasteiger partial charge in [0, 0.05) is 6.08 Å². The fraction of sp³-hybridized carbons (Fsp3) is 0.450. The second-order valence-corrected chi connectivity index (χ2v) is 7.58. The molecule has 0 aromatic heterocycles. The molecular weight excluding hydrogens is 481 g/mol. The highest BCUT2D eigenvalue weighted by Gasteiger charge is 2.42. The van der Waals surface area contributed by atoms with Crippen molar-refractivity contribution < 1.29 is 54.6 Å². The van der Waals surface area contributed by atoms with Gasteiger partial charge in [0.05, 0.1) is 6.61 Å². The highest BCUT2D eigenvalue weighted by Crippen LogP contribution is 2.38. The highest BCUT2D eigenvalue weighted by molar-refractivity contribution is 5.97. The summed E-state index contributed by atoms with van der Waals surface area (Å²) in [6.07, 6.45) is -5.59. The fourth-order valence-corrected chi connectivity index (χ4v) is 2.37. The van der Waals surface area contributed by atoms with Gasteiger partial charge in [0.2, 0.25) is 5.91 Å². The fourth-order valence-electron chi connectivity index (χ4n) is 2.37. The molecule has 0 saturated carbocycles. The first-order valence-electron chi connectivity index (χ1n) is 9.56. The molecule has 190 valence electrons. The first kappa shape index (κ1) is 28.7. The summed E-state index contributed by atoms with van der Waals surface area (Å²) in [6.45, 7) is 5.95. The molecule has 2 amide bonds. The van der Waals surface area contributed by atoms with Crippen molar-refractivity contribution in [2.24, 2.45) is 0 Å². The Morgan fingerprint density at radius 2 is 1.50 bits per heavy atom. The van der Waals surface area contributed by atoms with E-state index in [1.165, 1.54) is 33.0 Å². The minimum Gasteiger partial charge on any atom is -0.463 e. The van der Waals surface area contributed by atoms with Crippen molar-refractivity contribution in [3.8, 4) is 0 Å². The minimum atomic E-state index is -5.77. The van der Waals surface area contributed by atoms with Gasteiger partial charge in [-0.05, 0) is 34.1 Å². The van der Waals surface area contributed by atoms with Crippen molar-refractivity contribution in [3.63, 3.8) is 0 Å². The molecule has 0 radical (unpaired) electrons. The van der Waals surface area contributed by atoms with Crippen molar-refractivity contribution >= 4 is 23.7 Å². The molecule has 1 atom stereocenters. The number of alkyl halides is 3. The van der Waals surface area contributed by atoms with Crippen LogP contribution in [0.5, 0.6) is 0 Å². The average molecular weight is 502 g/mol. The maximum absolute atomic E-state index is 14.1. The number of hydrogen-bond donors (Lipinski definition) is 2. The summed E-state index contributed by atoms with van der Waals surface area (Å²) in [4.78, 5) is 35.9. The molecule has 2 N–H and O–H groups in total. The number of rotatable bonds is 7. The van der Waals surface area contributed by atoms with E-state index in [1.807, 2.05) is 5.32 Å². The molecule has 1 unspecified atom stereocenters. The highest BCUT2D eigenvalue weighted by atomic mass is 19.4. The molecule has 0 aliphatic heterocycles. The van der Waals surface area contributed by atoms with Gasteiger partial charge in [-0.15, -0.1) is 0 Å². The van der Waals surface area contributed by atoms with Crippen LogP contribution in [0.4, 0.5) is 41.2 Å². The standard InChI is InChI=1S/C20H21F7N2O5/c1-5-33-10(30)8-6-7-9(28-18(32)34-19(2,3)4)17(31)29-16-14(23)12(21)11(20(25,26)27)13(22)15(16)24/h6,8-9H,5,7H2,1-4H3,(H,28,32)(H,29,31). The molecule has 1 aromatic rings. The third-order valence-corrected chi connectivity index (χ3v) is 3.71. The van der Waals surface area contributed by atoms with Crippen molar-refractivity contribution in [1.82, 2.24) is 5.32 Å². The molecular formula is C20H21F7N2O5. The number of carbonyl (C=O) groups excluding carboxylic acids is 3. The molecule has 1 aromatic carbocycles. The van der Waals surface area contributed by atoms with Crippen LogP contribution in [0.3, 0.4) is 0 Å². The van der Waals surface area contributed by atoms with Crippen molar-refractivity contribution in [2.75, 3.05) is 11.9 Å². The van der Waals surface area contributed by atoms with E-state index in [4.69, 9.17) is 4.74 Å². The van der Waals surface area contributed by atoms with Crippen molar-refractivity contribution in [2.45, 2.75) is 51.9 Å². The van der Waals surface area contributed by atoms with Crippen molar-refractivity contribution in [1.29, 1.82) is 0 Å². The summed E-state index contributed by atoms with van der Waals surface area (Å²) >= 11 is 0. The van der Waals surface area contributed by atoms with Gasteiger partial charge in [-0.3, -0.25) is 4.79 Å². The van der Waals surface area contributed by atoms with Gasteiger partial charge in [0.25, 0.3) is 0 Å². The molecule has 0 heterocycles. The van der Waals surface area contributed by atoms with Crippen LogP contribution in [-0.4, -0.2) is 36.2 Å². The van der Waals surface area contributed by atoms with Gasteiger partial charge in [0.1, 0.15) is 22.9 Å². The molecule has 0 fully saturated rings. The van der Waals surface area contributed by atoms with E-state index < -0.39 is 76.7 Å². The Morgan fingerprint density at radius 3 is 1.94 bits per heavy atom. The lowest BCUT2D eigenvalue weighted by molar-refractivity contribution is -0.143. The number of halogens is 7. The Bertz CT molecular complexity index is 943. The van der Waals surface area contributed by atoms with Crippen molar-refractivity contribution in [3.05, 3.63) is 41.0 Å². The smallest absolute Gasteiger partial charge is 0.422 e. The number of anilines is 1. The van der Waals surface area contributed by atoms with Crippen LogP contribution in [0.2, 0.25) is 0 Å². The van der Waals surface area contributed by atoms with E-state index in [-0.39, 0.29) is 6.61 Å². The van der Waals surface area contributed by atoms with E-state index >= 15 is 0 Å². The van der Waals surface area contributed by atoms with E-state index in [1.54, 1.807) is 0 Å². The van der Waals surface area contributed by atoms with E-state index in [9.17, 15) is 45.1 Å². The number of ether oxygens (including phenoxy) is 2. The Labute approximate surface area is 189 Å². The second kappa shape index (κ2) is 11.2. The predicted octanol–water partition coefficient (Wildman–Crippen LogP) is 4.60. The first-order valence-corrected chi connectivity index (χ1v) is 9.56. The van der Waals surface area contributed by atoms with Crippen LogP contribution in [0.1, 0.15) is 39.7 Å². The molecule has 0 spiro atoms. The summed E-state index contributed by atoms with van der Waals surface area (Å²) in [5.41, 5.74) is -5.70. The van der Waals surface area contributed by atoms with Crippen LogP contribution < -0.4 is 10.6 Å². The van der Waals surface area contributed by atoms with Crippen LogP contribution in [0, 0.1) is 23.3 Å². The van der Waals surface area contributed by atoms with Crippen LogP contribution in [0.15, 0.2) is 12.2 Å². The lowest BCUT2D eigenvalue weighted by Crippen LogP contribution is -2.45. The number of amides is 2. The molecule has 0 saturated heterocycles. The molecule has 1 rings (SSSR count). The van der Waals surface area contributed by atoms with Gasteiger partial charge in [-0.1, -0.05) is 6.08 Å². The summed E-state index contributed by atoms with van der Waals surface area (Å²) in [5.74, 6) is -12.9. The largest absolute Gasteiger partial charge is 0.463 e. The zero-order valence-corrected chi connectivity index (χ0v) is 18.3. The maximum Gasteiger partial charge on any atom is 0.422 e. The summed E-state index contributed by atoms with van der Waals surface area (Å²) in [7, 11) is 0. The number of carbonyl (C=O) groups is 3. The lowest BCUT2D eigenvalue weighted by Gasteiger charge is -2.23. The SMILES string of the molecule is CCOC(=O)C=CCC(NC(=O)OC(C)(C)C)C(=O)Nc1c(F)c(F)c(C(F)(F)F)c(F)c1F. The van der Waals surface area contributed by atoms with Gasteiger partial charge in [-0.25, -0.2) is 27.2 Å². The molecule has 14 heteroatoms. The van der Waals surface area contributed by atoms with Crippen LogP contribution in [0.25, 0.3) is 0 Å². The number of esters is 1. The Morgan fingerprint density at radius 1 is 0.971 bits per heavy atom. The topological polar surface area (TPSA) is 93.7 Å². The second-order valence-electron chi connectivity index (χ2n) is 7.58. The summed E-state index contributed by atoms with van der Waals surface area (Å²) < 4.78 is 104. The molecule has 0 aliphatic rings. The molecule has 7 nitrogen and oxygen atoms in total. The Kier molecular flexibility index (Phi) is 9.46. The zero-order valence-electron chi connectivity index (χ0n) is 18.3. The quantitative estimate of drug-likeness (QED) is 0.246. The summed E-state index contributed by atoms with van der Waals surface area (Å²) in [6, 6.07) is -1.74. The van der Waals surface area contributed by atoms with Gasteiger partial charge in [0.15, 0.2) is 23.3 Å². The molecule has 34 heavy (non-hydrogen) atoms. The van der Waals surface area contributed by atoms with Gasteiger partial charge >= 0.3 is 18.2 Å². The Hall–Kier alpha value is -3.32. The van der Waals surface area contributed by atoms with E-state index in [0.717, 1.165) is 12.2 Å².